The van der Waals surface area contributed by atoms with E-state index < -0.39 is 31.6 Å². The molecule has 17 nitrogen and oxygen atoms in total. The number of carbonyl (C=O) groups is 1. The Morgan fingerprint density at radius 2 is 1.45 bits per heavy atom. The van der Waals surface area contributed by atoms with E-state index in [9.17, 15) is 35.8 Å². The van der Waals surface area contributed by atoms with Crippen LogP contribution in [0, 0.1) is 0 Å². The van der Waals surface area contributed by atoms with Crippen molar-refractivity contribution in [3.05, 3.63) is 83.1 Å². The van der Waals surface area contributed by atoms with Crippen LogP contribution >= 0.6 is 0 Å². The number of carboxylic acids is 1. The molecule has 1 aromatic rings. The zero-order valence-electron chi connectivity index (χ0n) is 37.2. The lowest BCUT2D eigenvalue weighted by Crippen LogP contribution is -2.31. The van der Waals surface area contributed by atoms with E-state index in [0.717, 1.165) is 27.9 Å². The lowest BCUT2D eigenvalue weighted by atomic mass is 9.78. The van der Waals surface area contributed by atoms with Crippen LogP contribution in [0.25, 0.3) is 17.4 Å². The van der Waals surface area contributed by atoms with Crippen LogP contribution in [0.5, 0.6) is 0 Å². The number of nitrogens with zero attached hydrogens (tertiary/aromatic N) is 2. The van der Waals surface area contributed by atoms with Crippen LogP contribution in [0.1, 0.15) is 63.5 Å². The summed E-state index contributed by atoms with van der Waals surface area (Å²) in [5.74, 6) is -0.562. The molecule has 0 amide bonds. The van der Waals surface area contributed by atoms with Gasteiger partial charge in [-0.25, -0.2) is 4.58 Å². The quantitative estimate of drug-likeness (QED) is 0.0419. The van der Waals surface area contributed by atoms with Gasteiger partial charge in [-0.1, -0.05) is 18.6 Å². The fraction of sp³-hybridized carbons (Fsp3) is 0.556. The maximum atomic E-state index is 12.4. The molecule has 1 atom stereocenters. The molecule has 2 heterocycles. The zero-order chi connectivity index (χ0) is 46.4. The number of rotatable bonds is 32. The highest BCUT2D eigenvalue weighted by molar-refractivity contribution is 7.86. The number of methoxy groups -OCH3 is 1. The molecule has 0 saturated carbocycles. The Hall–Kier alpha value is -4.02. The second kappa shape index (κ2) is 26.8. The predicted molar refractivity (Wildman–Crippen MR) is 242 cm³/mol. The van der Waals surface area contributed by atoms with Gasteiger partial charge in [-0.15, -0.1) is 0 Å². The van der Waals surface area contributed by atoms with Crippen molar-refractivity contribution in [2.24, 2.45) is 0 Å². The van der Waals surface area contributed by atoms with Gasteiger partial charge in [-0.05, 0) is 80.6 Å². The molecular formula is C45H65N2O15S2+. The first-order valence-corrected chi connectivity index (χ1v) is 24.7. The second-order valence-corrected chi connectivity index (χ2v) is 18.3. The van der Waals surface area contributed by atoms with E-state index in [2.05, 4.69) is 4.90 Å². The van der Waals surface area contributed by atoms with Crippen molar-refractivity contribution < 1.29 is 68.7 Å². The maximum Gasteiger partial charge on any atom is 0.303 e. The summed E-state index contributed by atoms with van der Waals surface area (Å²) in [6, 6.07) is 12.2. The van der Waals surface area contributed by atoms with E-state index in [1.165, 1.54) is 12.1 Å². The molecule has 3 N–H and O–H groups in total. The molecule has 0 bridgehead atoms. The Balaban J connectivity index is 1.50. The Labute approximate surface area is 377 Å². The van der Waals surface area contributed by atoms with Gasteiger partial charge in [0.2, 0.25) is 5.36 Å². The lowest BCUT2D eigenvalue weighted by molar-refractivity contribution is -0.137. The van der Waals surface area contributed by atoms with Gasteiger partial charge in [0.05, 0.1) is 89.0 Å². The van der Waals surface area contributed by atoms with Gasteiger partial charge in [-0.3, -0.25) is 13.9 Å². The summed E-state index contributed by atoms with van der Waals surface area (Å²) in [4.78, 5) is 13.1. The number of ether oxygens (including phenoxy) is 6. The van der Waals surface area contributed by atoms with Gasteiger partial charge in [-0.2, -0.15) is 16.8 Å². The number of allylic oxidation sites excluding steroid dienone is 3. The van der Waals surface area contributed by atoms with E-state index in [-0.39, 0.29) is 23.5 Å². The first kappa shape index (κ1) is 52.6. The molecule has 0 aromatic heterocycles. The van der Waals surface area contributed by atoms with Crippen LogP contribution in [-0.4, -0.2) is 142 Å². The molecule has 1 unspecified atom stereocenters. The maximum absolute atomic E-state index is 12.4. The average molecular weight is 938 g/mol. The van der Waals surface area contributed by atoms with Gasteiger partial charge in [0.1, 0.15) is 18.8 Å². The van der Waals surface area contributed by atoms with Crippen molar-refractivity contribution in [2.45, 2.75) is 62.7 Å². The summed E-state index contributed by atoms with van der Waals surface area (Å²) in [6.45, 7) is 10.2. The Kier molecular flexibility index (Phi) is 22.0. The lowest BCUT2D eigenvalue weighted by Gasteiger charge is -2.30. The fourth-order valence-electron chi connectivity index (χ4n) is 7.43. The third-order valence-electron chi connectivity index (χ3n) is 10.8. The highest BCUT2D eigenvalue weighted by Crippen LogP contribution is 2.51. The number of hydrogen-bond donors (Lipinski definition) is 3. The minimum Gasteiger partial charge on any atom is -0.481 e. The largest absolute Gasteiger partial charge is 0.481 e. The summed E-state index contributed by atoms with van der Waals surface area (Å²) in [5, 5.41) is 10.0. The van der Waals surface area contributed by atoms with Gasteiger partial charge < -0.3 is 42.8 Å². The minimum absolute atomic E-state index is 0.0658. The number of hydrogen-bond acceptors (Lipinski definition) is 13. The molecular weight excluding hydrogens is 873 g/mol. The van der Waals surface area contributed by atoms with Crippen LogP contribution in [0.3, 0.4) is 0 Å². The molecule has 2 aliphatic heterocycles. The van der Waals surface area contributed by atoms with Gasteiger partial charge >= 0.3 is 5.97 Å². The molecule has 0 fully saturated rings. The molecule has 356 valence electrons. The van der Waals surface area contributed by atoms with Crippen LogP contribution < -0.4 is 14.8 Å². The summed E-state index contributed by atoms with van der Waals surface area (Å²) >= 11 is 0. The smallest absolute Gasteiger partial charge is 0.303 e. The number of unbranched alkanes of at least 4 members (excludes halogenated alkanes) is 2. The normalized spacial score (nSPS) is 16.6. The fourth-order valence-corrected chi connectivity index (χ4v) is 8.43. The Morgan fingerprint density at radius 3 is 2.05 bits per heavy atom. The van der Waals surface area contributed by atoms with Crippen molar-refractivity contribution in [3.63, 3.8) is 0 Å². The Bertz CT molecular complexity index is 2240. The van der Waals surface area contributed by atoms with Crippen LogP contribution in [0.2, 0.25) is 0 Å². The summed E-state index contributed by atoms with van der Waals surface area (Å²) in [5.41, 5.74) is 3.31. The molecule has 3 aliphatic rings. The highest BCUT2D eigenvalue weighted by Gasteiger charge is 2.43. The standard InChI is InChI=1S/C45H64N2O15S2/c1-4-46(19-9-33-63(50,51)52)37-13-15-39-36(17-21-62-42(39)34-37)10-8-11-43-45(2,18-22-57-25-26-59-29-30-61-32-31-60-28-27-58-24-23-56-3)40-35-38(64(53,54)55)14-16-41(40)47(43)20-7-5-6-12-44(48)49/h8,10-11,13-17,21,34-35H,4-7,9,12,18-20,22-33H2,1-3H3,(H2-,48,49,50,51,52,53,54,55)/p+1. The number of carboxylic acid groups (broad SMARTS) is 1. The highest BCUT2D eigenvalue weighted by atomic mass is 32.2. The summed E-state index contributed by atoms with van der Waals surface area (Å²) < 4.78 is 108. The first-order chi connectivity index (χ1) is 30.7. The topological polar surface area (TPSA) is 221 Å². The number of benzene rings is 2. The molecule has 4 rings (SSSR count). The molecule has 1 aliphatic carbocycles. The number of anilines is 1. The third kappa shape index (κ3) is 17.1. The summed E-state index contributed by atoms with van der Waals surface area (Å²) in [6.07, 6.45) is 10.1. The van der Waals surface area contributed by atoms with E-state index in [1.807, 2.05) is 60.9 Å². The van der Waals surface area contributed by atoms with Gasteiger partial charge in [0, 0.05) is 61.5 Å². The molecule has 0 radical (unpaired) electrons. The van der Waals surface area contributed by atoms with Crippen molar-refractivity contribution in [3.8, 4) is 11.3 Å². The molecule has 0 spiro atoms. The minimum atomic E-state index is -4.52. The molecule has 1 aromatic carbocycles. The van der Waals surface area contributed by atoms with Crippen molar-refractivity contribution in [1.29, 1.82) is 0 Å². The van der Waals surface area contributed by atoms with E-state index in [0.29, 0.717) is 129 Å². The number of fused-ring (bicyclic) bond motifs is 2. The zero-order valence-corrected chi connectivity index (χ0v) is 38.8. The van der Waals surface area contributed by atoms with Gasteiger partial charge in [0.25, 0.3) is 20.2 Å². The van der Waals surface area contributed by atoms with Crippen molar-refractivity contribution in [2.75, 3.05) is 110 Å². The van der Waals surface area contributed by atoms with Crippen molar-refractivity contribution in [1.82, 2.24) is 4.58 Å². The van der Waals surface area contributed by atoms with Crippen LogP contribution in [0.4, 0.5) is 5.69 Å². The van der Waals surface area contributed by atoms with E-state index >= 15 is 0 Å². The van der Waals surface area contributed by atoms with Crippen molar-refractivity contribution >= 4 is 38.0 Å². The number of aliphatic carboxylic acids is 1. The third-order valence-corrected chi connectivity index (χ3v) is 12.4. The Morgan fingerprint density at radius 1 is 0.812 bits per heavy atom. The average Bonchev–Trinajstić information content (AvgIpc) is 3.48. The van der Waals surface area contributed by atoms with Crippen LogP contribution in [-0.2, 0) is 58.9 Å². The molecule has 19 heteroatoms. The van der Waals surface area contributed by atoms with Gasteiger partial charge in [0.15, 0.2) is 0 Å². The first-order valence-electron chi connectivity index (χ1n) is 21.6. The second-order valence-electron chi connectivity index (χ2n) is 15.3. The van der Waals surface area contributed by atoms with E-state index in [1.54, 1.807) is 19.4 Å². The van der Waals surface area contributed by atoms with E-state index in [4.69, 9.17) is 32.8 Å². The predicted octanol–water partition coefficient (Wildman–Crippen LogP) is 5.14. The monoisotopic (exact) mass is 937 g/mol. The molecule has 0 saturated heterocycles. The SMILES string of the molecule is CC[N+](CCCS(=O)(=O)O)=c1ccc2c(/C=C/C=C3/N(CCCCCC(=O)O)c4ccc(S(=O)(=O)O)cc4C3(C)CCOCCOCCOCCOCCOCCOC)ccoc-2c1. The summed E-state index contributed by atoms with van der Waals surface area (Å²) in [7, 11) is -6.96. The van der Waals surface area contributed by atoms with Crippen LogP contribution in [0.15, 0.2) is 75.9 Å². The molecule has 64 heavy (non-hydrogen) atoms.